The largest absolute Gasteiger partial charge is 0.416 e. The zero-order chi connectivity index (χ0) is 27.4. The molecule has 1 atom stereocenters. The molecule has 0 aromatic carbocycles. The summed E-state index contributed by atoms with van der Waals surface area (Å²) in [5.74, 6) is 1.80. The van der Waals surface area contributed by atoms with Crippen LogP contribution < -0.4 is 5.32 Å². The summed E-state index contributed by atoms with van der Waals surface area (Å²) in [5.41, 5.74) is 3.12. The summed E-state index contributed by atoms with van der Waals surface area (Å²) in [6, 6.07) is 5.48. The van der Waals surface area contributed by atoms with Gasteiger partial charge < -0.3 is 5.32 Å². The molecule has 204 valence electrons. The summed E-state index contributed by atoms with van der Waals surface area (Å²) in [7, 11) is 0. The van der Waals surface area contributed by atoms with Gasteiger partial charge in [-0.3, -0.25) is 4.98 Å². The fraction of sp³-hybridized carbons (Fsp3) is 0.433. The molecule has 0 bridgehead atoms. The van der Waals surface area contributed by atoms with Crippen LogP contribution >= 0.6 is 0 Å². The first-order valence-electron chi connectivity index (χ1n) is 13.8. The van der Waals surface area contributed by atoms with Crippen LogP contribution in [0.4, 0.5) is 24.8 Å². The Hall–Kier alpha value is -3.62. The molecule has 0 radical (unpaired) electrons. The molecule has 0 saturated heterocycles. The highest BCUT2D eigenvalue weighted by Crippen LogP contribution is 2.42. The lowest BCUT2D eigenvalue weighted by Gasteiger charge is -2.28. The lowest BCUT2D eigenvalue weighted by Crippen LogP contribution is -2.13. The summed E-state index contributed by atoms with van der Waals surface area (Å²) in [6.45, 7) is 4.42. The Kier molecular flexibility index (Phi) is 8.04. The van der Waals surface area contributed by atoms with E-state index in [1.807, 2.05) is 18.5 Å². The van der Waals surface area contributed by atoms with Crippen molar-refractivity contribution in [2.75, 3.05) is 5.32 Å². The van der Waals surface area contributed by atoms with Crippen LogP contribution in [-0.2, 0) is 6.18 Å². The Morgan fingerprint density at radius 2 is 1.72 bits per heavy atom. The van der Waals surface area contributed by atoms with Crippen LogP contribution in [0.1, 0.15) is 93.9 Å². The quantitative estimate of drug-likeness (QED) is 0.220. The third-order valence-corrected chi connectivity index (χ3v) is 7.50. The number of fused-ring (bicyclic) bond motifs is 1. The van der Waals surface area contributed by atoms with Crippen molar-refractivity contribution in [1.82, 2.24) is 24.9 Å². The second-order valence-electron chi connectivity index (χ2n) is 10.3. The van der Waals surface area contributed by atoms with Gasteiger partial charge in [0.2, 0.25) is 0 Å². The number of alkyl halides is 3. The number of aromatic nitrogens is 5. The molecule has 0 amide bonds. The Morgan fingerprint density at radius 1 is 0.949 bits per heavy atom. The predicted octanol–water partition coefficient (Wildman–Crippen LogP) is 8.59. The van der Waals surface area contributed by atoms with Crippen LogP contribution in [0.15, 0.2) is 49.1 Å². The van der Waals surface area contributed by atoms with Gasteiger partial charge in [-0.15, -0.1) is 0 Å². The van der Waals surface area contributed by atoms with Crippen molar-refractivity contribution >= 4 is 22.5 Å². The van der Waals surface area contributed by atoms with Crippen molar-refractivity contribution in [3.63, 3.8) is 0 Å². The molecule has 4 aromatic heterocycles. The van der Waals surface area contributed by atoms with Gasteiger partial charge in [-0.25, -0.2) is 19.9 Å². The second-order valence-corrected chi connectivity index (χ2v) is 10.3. The molecular weight excluding hydrogens is 501 g/mol. The minimum Gasteiger partial charge on any atom is -0.325 e. The van der Waals surface area contributed by atoms with E-state index in [0.717, 1.165) is 72.6 Å². The number of anilines is 2. The average molecular weight is 535 g/mol. The SMILES string of the molecule is CCCCC(CCC)c1nc(-c2ccnc(Nc3cc(C(F)(F)F)ccn3)c2)nc2cncc(C3CCC3)c12. The van der Waals surface area contributed by atoms with Gasteiger partial charge in [0.25, 0.3) is 0 Å². The van der Waals surface area contributed by atoms with E-state index in [0.29, 0.717) is 23.5 Å². The van der Waals surface area contributed by atoms with Crippen LogP contribution in [0.3, 0.4) is 0 Å². The van der Waals surface area contributed by atoms with Crippen molar-refractivity contribution in [3.05, 3.63) is 65.9 Å². The Morgan fingerprint density at radius 3 is 2.41 bits per heavy atom. The molecule has 9 heteroatoms. The molecule has 1 aliphatic carbocycles. The lowest BCUT2D eigenvalue weighted by molar-refractivity contribution is -0.137. The van der Waals surface area contributed by atoms with Gasteiger partial charge in [0.15, 0.2) is 5.82 Å². The molecule has 5 rings (SSSR count). The number of nitrogens with zero attached hydrogens (tertiary/aromatic N) is 5. The monoisotopic (exact) mass is 534 g/mol. The van der Waals surface area contributed by atoms with Crippen LogP contribution in [0.5, 0.6) is 0 Å². The maximum atomic E-state index is 13.2. The lowest BCUT2D eigenvalue weighted by atomic mass is 9.78. The molecule has 1 fully saturated rings. The Bertz CT molecular complexity index is 1430. The summed E-state index contributed by atoms with van der Waals surface area (Å²) in [4.78, 5) is 23.0. The van der Waals surface area contributed by atoms with Crippen LogP contribution in [0, 0.1) is 0 Å². The zero-order valence-corrected chi connectivity index (χ0v) is 22.3. The van der Waals surface area contributed by atoms with Crippen LogP contribution in [-0.4, -0.2) is 24.9 Å². The molecule has 0 spiro atoms. The molecule has 4 aromatic rings. The smallest absolute Gasteiger partial charge is 0.325 e. The van der Waals surface area contributed by atoms with E-state index in [1.54, 1.807) is 12.3 Å². The number of nitrogens with one attached hydrogen (secondary N) is 1. The zero-order valence-electron chi connectivity index (χ0n) is 22.3. The Balaban J connectivity index is 1.57. The number of hydrogen-bond donors (Lipinski definition) is 1. The highest BCUT2D eigenvalue weighted by atomic mass is 19.4. The van der Waals surface area contributed by atoms with E-state index in [1.165, 1.54) is 24.8 Å². The normalized spacial score (nSPS) is 14.8. The van der Waals surface area contributed by atoms with Gasteiger partial charge >= 0.3 is 6.18 Å². The van der Waals surface area contributed by atoms with Crippen LogP contribution in [0.25, 0.3) is 22.3 Å². The minimum atomic E-state index is -4.46. The van der Waals surface area contributed by atoms with Gasteiger partial charge in [-0.1, -0.05) is 39.5 Å². The molecule has 6 nitrogen and oxygen atoms in total. The van der Waals surface area contributed by atoms with E-state index < -0.39 is 11.7 Å². The molecule has 4 heterocycles. The maximum absolute atomic E-state index is 13.2. The minimum absolute atomic E-state index is 0.0616. The van der Waals surface area contributed by atoms with Gasteiger partial charge in [0.05, 0.1) is 23.0 Å². The number of unbranched alkanes of at least 4 members (excludes halogenated alkanes) is 1. The first kappa shape index (κ1) is 27.0. The molecular formula is C30H33F3N6. The van der Waals surface area contributed by atoms with Crippen molar-refractivity contribution in [1.29, 1.82) is 0 Å². The third-order valence-electron chi connectivity index (χ3n) is 7.50. The molecule has 1 aliphatic rings. The number of rotatable bonds is 10. The number of halogens is 3. The van der Waals surface area contributed by atoms with Crippen LogP contribution in [0.2, 0.25) is 0 Å². The standard InChI is InChI=1S/C30H33F3N6/c1-3-5-8-20(7-4-2)28-27-23(19-9-6-10-19)17-34-18-24(27)37-29(39-28)21-11-13-35-25(15-21)38-26-16-22(12-14-36-26)30(31,32)33/h11-20H,3-10H2,1-2H3,(H,35,36,38). The summed E-state index contributed by atoms with van der Waals surface area (Å²) in [6.07, 6.45) is 11.1. The van der Waals surface area contributed by atoms with Gasteiger partial charge in [0.1, 0.15) is 11.6 Å². The Labute approximate surface area is 226 Å². The van der Waals surface area contributed by atoms with Crippen molar-refractivity contribution in [2.24, 2.45) is 0 Å². The molecule has 1 saturated carbocycles. The highest BCUT2D eigenvalue weighted by Gasteiger charge is 2.31. The first-order valence-corrected chi connectivity index (χ1v) is 13.8. The fourth-order valence-corrected chi connectivity index (χ4v) is 5.25. The fourth-order valence-electron chi connectivity index (χ4n) is 5.25. The average Bonchev–Trinajstić information content (AvgIpc) is 2.89. The van der Waals surface area contributed by atoms with Crippen molar-refractivity contribution in [3.8, 4) is 11.4 Å². The van der Waals surface area contributed by atoms with E-state index in [4.69, 9.17) is 9.97 Å². The van der Waals surface area contributed by atoms with Crippen molar-refractivity contribution in [2.45, 2.75) is 83.2 Å². The van der Waals surface area contributed by atoms with Crippen molar-refractivity contribution < 1.29 is 13.2 Å². The third kappa shape index (κ3) is 6.02. The predicted molar refractivity (Wildman–Crippen MR) is 147 cm³/mol. The van der Waals surface area contributed by atoms with Gasteiger partial charge in [-0.2, -0.15) is 13.2 Å². The number of hydrogen-bond acceptors (Lipinski definition) is 6. The van der Waals surface area contributed by atoms with E-state index in [9.17, 15) is 13.2 Å². The van der Waals surface area contributed by atoms with Gasteiger partial charge in [-0.05, 0) is 61.4 Å². The first-order chi connectivity index (χ1) is 18.9. The summed E-state index contributed by atoms with van der Waals surface area (Å²) < 4.78 is 39.5. The van der Waals surface area contributed by atoms with Gasteiger partial charge in [0, 0.05) is 35.5 Å². The molecule has 39 heavy (non-hydrogen) atoms. The molecule has 0 aliphatic heterocycles. The summed E-state index contributed by atoms with van der Waals surface area (Å²) >= 11 is 0. The van der Waals surface area contributed by atoms with E-state index in [-0.39, 0.29) is 5.82 Å². The highest BCUT2D eigenvalue weighted by molar-refractivity contribution is 5.86. The molecule has 1 unspecified atom stereocenters. The molecule has 1 N–H and O–H groups in total. The van der Waals surface area contributed by atoms with E-state index in [2.05, 4.69) is 34.1 Å². The maximum Gasteiger partial charge on any atom is 0.416 e. The van der Waals surface area contributed by atoms with E-state index >= 15 is 0 Å². The number of pyridine rings is 3. The second kappa shape index (κ2) is 11.6. The topological polar surface area (TPSA) is 76.5 Å². The summed E-state index contributed by atoms with van der Waals surface area (Å²) in [5, 5.41) is 4.05.